The fourth-order valence-electron chi connectivity index (χ4n) is 2.11. The quantitative estimate of drug-likeness (QED) is 0.919. The number of halogens is 2. The topological polar surface area (TPSA) is 32.3 Å². The average molecular weight is 332 g/mol. The van der Waals surface area contributed by atoms with Crippen LogP contribution < -0.4 is 5.32 Å². The van der Waals surface area contributed by atoms with Crippen LogP contribution in [0.4, 0.5) is 5.69 Å². The summed E-state index contributed by atoms with van der Waals surface area (Å²) < 4.78 is 0.829. The van der Waals surface area contributed by atoms with Crippen LogP contribution in [0, 0.1) is 0 Å². The fraction of sp³-hybridized carbons (Fsp3) is 0.462. The highest BCUT2D eigenvalue weighted by Crippen LogP contribution is 2.26. The second kappa shape index (κ2) is 5.93. The lowest BCUT2D eigenvalue weighted by atomic mass is 10.2. The van der Waals surface area contributed by atoms with E-state index >= 15 is 0 Å². The van der Waals surface area contributed by atoms with Gasteiger partial charge in [0.15, 0.2) is 0 Å². The van der Waals surface area contributed by atoms with Crippen molar-refractivity contribution in [1.82, 2.24) is 4.90 Å². The van der Waals surface area contributed by atoms with Crippen molar-refractivity contribution in [2.45, 2.75) is 25.8 Å². The summed E-state index contributed by atoms with van der Waals surface area (Å²) in [5, 5.41) is 3.87. The zero-order valence-corrected chi connectivity index (χ0v) is 12.6. The third kappa shape index (κ3) is 3.18. The van der Waals surface area contributed by atoms with E-state index in [0.29, 0.717) is 5.02 Å². The maximum atomic E-state index is 12.1. The molecule has 1 N–H and O–H groups in total. The van der Waals surface area contributed by atoms with Crippen molar-refractivity contribution in [3.05, 3.63) is 27.7 Å². The van der Waals surface area contributed by atoms with E-state index in [4.69, 9.17) is 11.6 Å². The Kier molecular flexibility index (Phi) is 4.51. The Morgan fingerprint density at radius 1 is 1.44 bits per heavy atom. The first kappa shape index (κ1) is 13.7. The van der Waals surface area contributed by atoms with Gasteiger partial charge in [-0.3, -0.25) is 4.79 Å². The SMILES string of the molecule is CC(Nc1ccc(Cl)c(Br)c1)C(=O)N1CCCC1. The van der Waals surface area contributed by atoms with Crippen LogP contribution in [0.15, 0.2) is 22.7 Å². The first-order valence-corrected chi connectivity index (χ1v) is 7.25. The van der Waals surface area contributed by atoms with Crippen molar-refractivity contribution >= 4 is 39.1 Å². The van der Waals surface area contributed by atoms with Crippen molar-refractivity contribution < 1.29 is 4.79 Å². The monoisotopic (exact) mass is 330 g/mol. The number of hydrogen-bond donors (Lipinski definition) is 1. The third-order valence-electron chi connectivity index (χ3n) is 3.09. The molecule has 0 spiro atoms. The Hall–Kier alpha value is -0.740. The lowest BCUT2D eigenvalue weighted by Gasteiger charge is -2.22. The van der Waals surface area contributed by atoms with Crippen molar-refractivity contribution in [2.75, 3.05) is 18.4 Å². The maximum absolute atomic E-state index is 12.1. The minimum atomic E-state index is -0.212. The molecule has 1 aliphatic heterocycles. The van der Waals surface area contributed by atoms with E-state index in [9.17, 15) is 4.79 Å². The lowest BCUT2D eigenvalue weighted by Crippen LogP contribution is -2.39. The Morgan fingerprint density at radius 3 is 2.72 bits per heavy atom. The van der Waals surface area contributed by atoms with Gasteiger partial charge >= 0.3 is 0 Å². The maximum Gasteiger partial charge on any atom is 0.244 e. The molecule has 0 bridgehead atoms. The molecule has 1 atom stereocenters. The Morgan fingerprint density at radius 2 is 2.11 bits per heavy atom. The largest absolute Gasteiger partial charge is 0.374 e. The van der Waals surface area contributed by atoms with Crippen molar-refractivity contribution in [3.63, 3.8) is 0 Å². The average Bonchev–Trinajstić information content (AvgIpc) is 2.86. The smallest absolute Gasteiger partial charge is 0.244 e. The van der Waals surface area contributed by atoms with E-state index in [-0.39, 0.29) is 11.9 Å². The molecule has 1 unspecified atom stereocenters. The lowest BCUT2D eigenvalue weighted by molar-refractivity contribution is -0.130. The molecule has 0 aromatic heterocycles. The van der Waals surface area contributed by atoms with E-state index in [0.717, 1.165) is 36.1 Å². The van der Waals surface area contributed by atoms with Crippen LogP contribution >= 0.6 is 27.5 Å². The van der Waals surface area contributed by atoms with Crippen LogP contribution in [0.1, 0.15) is 19.8 Å². The highest BCUT2D eigenvalue weighted by atomic mass is 79.9. The van der Waals surface area contributed by atoms with E-state index < -0.39 is 0 Å². The molecule has 0 aliphatic carbocycles. The van der Waals surface area contributed by atoms with Crippen LogP contribution in [0.25, 0.3) is 0 Å². The highest BCUT2D eigenvalue weighted by Gasteiger charge is 2.22. The second-order valence-electron chi connectivity index (χ2n) is 4.53. The Bertz CT molecular complexity index is 447. The number of likely N-dealkylation sites (tertiary alicyclic amines) is 1. The molecule has 1 aliphatic rings. The summed E-state index contributed by atoms with van der Waals surface area (Å²) >= 11 is 9.31. The molecule has 3 nitrogen and oxygen atoms in total. The molecule has 2 rings (SSSR count). The summed E-state index contributed by atoms with van der Waals surface area (Å²) in [6, 6.07) is 5.36. The van der Waals surface area contributed by atoms with Gasteiger partial charge in [-0.05, 0) is 53.9 Å². The molecule has 98 valence electrons. The standard InChI is InChI=1S/C13H16BrClN2O/c1-9(13(18)17-6-2-3-7-17)16-10-4-5-12(15)11(14)8-10/h4-5,8-9,16H,2-3,6-7H2,1H3. The Balaban J connectivity index is 1.99. The third-order valence-corrected chi connectivity index (χ3v) is 4.30. The van der Waals surface area contributed by atoms with Gasteiger partial charge in [0.1, 0.15) is 6.04 Å². The molecule has 18 heavy (non-hydrogen) atoms. The van der Waals surface area contributed by atoms with Crippen LogP contribution in [0.5, 0.6) is 0 Å². The van der Waals surface area contributed by atoms with Crippen molar-refractivity contribution in [1.29, 1.82) is 0 Å². The number of rotatable bonds is 3. The van der Waals surface area contributed by atoms with Crippen molar-refractivity contribution in [2.24, 2.45) is 0 Å². The first-order chi connectivity index (χ1) is 8.58. The molecule has 1 aromatic rings. The summed E-state index contributed by atoms with van der Waals surface area (Å²) in [4.78, 5) is 14.0. The fourth-order valence-corrected chi connectivity index (χ4v) is 2.61. The van der Waals surface area contributed by atoms with Gasteiger partial charge < -0.3 is 10.2 Å². The molecule has 5 heteroatoms. The van der Waals surface area contributed by atoms with Crippen LogP contribution in [0.2, 0.25) is 5.02 Å². The summed E-state index contributed by atoms with van der Waals surface area (Å²) in [5.41, 5.74) is 0.895. The molecule has 1 amide bonds. The molecule has 0 saturated carbocycles. The predicted molar refractivity (Wildman–Crippen MR) is 78.1 cm³/mol. The van der Waals surface area contributed by atoms with Gasteiger partial charge in [0.05, 0.1) is 5.02 Å². The number of hydrogen-bond acceptors (Lipinski definition) is 2. The minimum Gasteiger partial charge on any atom is -0.374 e. The number of carbonyl (C=O) groups is 1. The van der Waals surface area contributed by atoms with Gasteiger partial charge in [0.25, 0.3) is 0 Å². The number of anilines is 1. The normalized spacial score (nSPS) is 16.7. The number of carbonyl (C=O) groups excluding carboxylic acids is 1. The van der Waals surface area contributed by atoms with Gasteiger partial charge in [0, 0.05) is 23.2 Å². The second-order valence-corrected chi connectivity index (χ2v) is 5.79. The molecule has 1 saturated heterocycles. The van der Waals surface area contributed by atoms with E-state index in [1.165, 1.54) is 0 Å². The molecular weight excluding hydrogens is 316 g/mol. The van der Waals surface area contributed by atoms with Gasteiger partial charge in [-0.2, -0.15) is 0 Å². The summed E-state index contributed by atoms with van der Waals surface area (Å²) in [7, 11) is 0. The van der Waals surface area contributed by atoms with Gasteiger partial charge in [-0.1, -0.05) is 11.6 Å². The summed E-state index contributed by atoms with van der Waals surface area (Å²) in [5.74, 6) is 0.165. The van der Waals surface area contributed by atoms with Crippen LogP contribution in [0.3, 0.4) is 0 Å². The summed E-state index contributed by atoms with van der Waals surface area (Å²) in [6.07, 6.45) is 2.23. The molecular formula is C13H16BrClN2O. The van der Waals surface area contributed by atoms with Crippen LogP contribution in [-0.4, -0.2) is 29.9 Å². The number of nitrogens with zero attached hydrogens (tertiary/aromatic N) is 1. The molecule has 1 fully saturated rings. The molecule has 1 heterocycles. The van der Waals surface area contributed by atoms with Crippen LogP contribution in [-0.2, 0) is 4.79 Å². The molecule has 1 aromatic carbocycles. The van der Waals surface area contributed by atoms with E-state index in [1.807, 2.05) is 24.0 Å². The number of benzene rings is 1. The van der Waals surface area contributed by atoms with Gasteiger partial charge in [-0.15, -0.1) is 0 Å². The first-order valence-electron chi connectivity index (χ1n) is 6.08. The van der Waals surface area contributed by atoms with Crippen molar-refractivity contribution in [3.8, 4) is 0 Å². The zero-order valence-electron chi connectivity index (χ0n) is 10.2. The number of amides is 1. The Labute approximate surface area is 121 Å². The van der Waals surface area contributed by atoms with E-state index in [2.05, 4.69) is 21.2 Å². The van der Waals surface area contributed by atoms with Gasteiger partial charge in [-0.25, -0.2) is 0 Å². The highest BCUT2D eigenvalue weighted by molar-refractivity contribution is 9.10. The zero-order chi connectivity index (χ0) is 13.1. The number of nitrogens with one attached hydrogen (secondary N) is 1. The van der Waals surface area contributed by atoms with Gasteiger partial charge in [0.2, 0.25) is 5.91 Å². The minimum absolute atomic E-state index is 0.165. The predicted octanol–water partition coefficient (Wildman–Crippen LogP) is 3.53. The summed E-state index contributed by atoms with van der Waals surface area (Å²) in [6.45, 7) is 3.66. The van der Waals surface area contributed by atoms with E-state index in [1.54, 1.807) is 6.07 Å². The molecule has 0 radical (unpaired) electrons.